The Morgan fingerprint density at radius 1 is 1.55 bits per heavy atom. The first-order chi connectivity index (χ1) is 5.34. The maximum Gasteiger partial charge on any atom is 0.136 e. The van der Waals surface area contributed by atoms with Gasteiger partial charge < -0.3 is 4.74 Å². The van der Waals surface area contributed by atoms with Crippen LogP contribution < -0.4 is 0 Å². The quantitative estimate of drug-likeness (QED) is 0.567. The van der Waals surface area contributed by atoms with Crippen LogP contribution in [0.15, 0.2) is 0 Å². The fourth-order valence-electron chi connectivity index (χ4n) is 1.33. The summed E-state index contributed by atoms with van der Waals surface area (Å²) in [5, 5.41) is 0. The van der Waals surface area contributed by atoms with E-state index in [-0.39, 0.29) is 0 Å². The molecule has 0 saturated heterocycles. The summed E-state index contributed by atoms with van der Waals surface area (Å²) in [7, 11) is 1.67. The number of ketones is 1. The number of rotatable bonds is 5. The average molecular weight is 156 g/mol. The molecule has 0 aromatic rings. The fraction of sp³-hybridized carbons (Fsp3) is 0.889. The summed E-state index contributed by atoms with van der Waals surface area (Å²) < 4.78 is 4.87. The van der Waals surface area contributed by atoms with Crippen molar-refractivity contribution in [2.24, 2.45) is 5.92 Å². The van der Waals surface area contributed by atoms with Gasteiger partial charge in [-0.3, -0.25) is 4.79 Å². The third-order valence-corrected chi connectivity index (χ3v) is 2.33. The Morgan fingerprint density at radius 3 is 2.73 bits per heavy atom. The first-order valence-corrected chi connectivity index (χ1v) is 4.36. The molecule has 1 aliphatic rings. The maximum absolute atomic E-state index is 11.2. The van der Waals surface area contributed by atoms with Crippen LogP contribution in [0.5, 0.6) is 0 Å². The minimum atomic E-state index is 0.409. The van der Waals surface area contributed by atoms with Crippen LogP contribution in [0, 0.1) is 5.92 Å². The lowest BCUT2D eigenvalue weighted by molar-refractivity contribution is -0.125. The predicted octanol–water partition coefficient (Wildman–Crippen LogP) is 1.78. The van der Waals surface area contributed by atoms with E-state index in [2.05, 4.69) is 0 Å². The first-order valence-electron chi connectivity index (χ1n) is 4.36. The number of carbonyl (C=O) groups is 1. The molecule has 0 atom stereocenters. The van der Waals surface area contributed by atoms with E-state index in [0.717, 1.165) is 32.3 Å². The highest BCUT2D eigenvalue weighted by molar-refractivity contribution is 5.81. The average Bonchev–Trinajstić information content (AvgIpc) is 1.84. The van der Waals surface area contributed by atoms with Crippen molar-refractivity contribution in [2.45, 2.75) is 32.1 Å². The van der Waals surface area contributed by atoms with Crippen LogP contribution in [-0.2, 0) is 9.53 Å². The van der Waals surface area contributed by atoms with Crippen molar-refractivity contribution in [3.05, 3.63) is 0 Å². The second-order valence-corrected chi connectivity index (χ2v) is 3.19. The van der Waals surface area contributed by atoms with Gasteiger partial charge in [-0.15, -0.1) is 0 Å². The van der Waals surface area contributed by atoms with Crippen LogP contribution in [0.1, 0.15) is 32.1 Å². The van der Waals surface area contributed by atoms with Gasteiger partial charge in [0.25, 0.3) is 0 Å². The predicted molar refractivity (Wildman–Crippen MR) is 43.5 cm³/mol. The van der Waals surface area contributed by atoms with Gasteiger partial charge in [0.05, 0.1) is 0 Å². The Labute approximate surface area is 67.9 Å². The lowest BCUT2D eigenvalue weighted by Crippen LogP contribution is -2.21. The van der Waals surface area contributed by atoms with Gasteiger partial charge >= 0.3 is 0 Å². The number of hydrogen-bond acceptors (Lipinski definition) is 2. The SMILES string of the molecule is COCCCC(=O)C1CCC1. The van der Waals surface area contributed by atoms with Crippen LogP contribution in [-0.4, -0.2) is 19.5 Å². The monoisotopic (exact) mass is 156 g/mol. The van der Waals surface area contributed by atoms with E-state index in [0.29, 0.717) is 11.7 Å². The van der Waals surface area contributed by atoms with Crippen molar-refractivity contribution in [1.29, 1.82) is 0 Å². The molecule has 2 heteroatoms. The number of carbonyl (C=O) groups excluding carboxylic acids is 1. The molecule has 0 bridgehead atoms. The summed E-state index contributed by atoms with van der Waals surface area (Å²) in [6, 6.07) is 0. The lowest BCUT2D eigenvalue weighted by Gasteiger charge is -2.23. The van der Waals surface area contributed by atoms with Crippen molar-refractivity contribution >= 4 is 5.78 Å². The molecule has 0 aliphatic heterocycles. The van der Waals surface area contributed by atoms with Gasteiger partial charge in [0.15, 0.2) is 0 Å². The van der Waals surface area contributed by atoms with Crippen LogP contribution in [0.25, 0.3) is 0 Å². The molecule has 0 spiro atoms. The maximum atomic E-state index is 11.2. The Bertz CT molecular complexity index is 128. The minimum Gasteiger partial charge on any atom is -0.385 e. The summed E-state index contributed by atoms with van der Waals surface area (Å²) in [5.74, 6) is 0.861. The summed E-state index contributed by atoms with van der Waals surface area (Å²) in [5.41, 5.74) is 0. The van der Waals surface area contributed by atoms with Crippen molar-refractivity contribution in [1.82, 2.24) is 0 Å². The van der Waals surface area contributed by atoms with E-state index >= 15 is 0 Å². The van der Waals surface area contributed by atoms with Gasteiger partial charge in [-0.05, 0) is 19.3 Å². The molecular formula is C9H16O2. The van der Waals surface area contributed by atoms with Crippen LogP contribution >= 0.6 is 0 Å². The van der Waals surface area contributed by atoms with E-state index < -0.39 is 0 Å². The second-order valence-electron chi connectivity index (χ2n) is 3.19. The molecule has 0 unspecified atom stereocenters. The molecule has 0 aromatic carbocycles. The fourth-order valence-corrected chi connectivity index (χ4v) is 1.33. The number of ether oxygens (including phenoxy) is 1. The Kier molecular flexibility index (Phi) is 3.57. The summed E-state index contributed by atoms with van der Waals surface area (Å²) in [4.78, 5) is 11.2. The van der Waals surface area contributed by atoms with E-state index in [9.17, 15) is 4.79 Å². The molecule has 1 fully saturated rings. The molecule has 0 radical (unpaired) electrons. The van der Waals surface area contributed by atoms with E-state index in [1.165, 1.54) is 6.42 Å². The van der Waals surface area contributed by atoms with Gasteiger partial charge in [-0.2, -0.15) is 0 Å². The molecule has 0 aromatic heterocycles. The number of hydrogen-bond donors (Lipinski definition) is 0. The van der Waals surface area contributed by atoms with Crippen molar-refractivity contribution in [3.63, 3.8) is 0 Å². The molecule has 2 nitrogen and oxygen atoms in total. The molecular weight excluding hydrogens is 140 g/mol. The van der Waals surface area contributed by atoms with E-state index in [1.807, 2.05) is 0 Å². The van der Waals surface area contributed by atoms with Gasteiger partial charge in [-0.1, -0.05) is 6.42 Å². The molecule has 1 rings (SSSR count). The zero-order valence-electron chi connectivity index (χ0n) is 7.14. The first kappa shape index (κ1) is 8.72. The third-order valence-electron chi connectivity index (χ3n) is 2.33. The molecule has 1 aliphatic carbocycles. The minimum absolute atomic E-state index is 0.409. The lowest BCUT2D eigenvalue weighted by atomic mass is 9.81. The van der Waals surface area contributed by atoms with E-state index in [4.69, 9.17) is 4.74 Å². The Balaban J connectivity index is 2.01. The third kappa shape index (κ3) is 2.62. The van der Waals surface area contributed by atoms with Crippen molar-refractivity contribution < 1.29 is 9.53 Å². The molecule has 1 saturated carbocycles. The second kappa shape index (κ2) is 4.50. The number of Topliss-reactive ketones (excluding diaryl/α,β-unsaturated/α-hetero) is 1. The highest BCUT2D eigenvalue weighted by Crippen LogP contribution is 2.28. The molecule has 0 amide bonds. The molecule has 64 valence electrons. The van der Waals surface area contributed by atoms with Gasteiger partial charge in [0.1, 0.15) is 5.78 Å². The molecule has 0 heterocycles. The van der Waals surface area contributed by atoms with Crippen molar-refractivity contribution in [3.8, 4) is 0 Å². The van der Waals surface area contributed by atoms with Crippen molar-refractivity contribution in [2.75, 3.05) is 13.7 Å². The zero-order chi connectivity index (χ0) is 8.10. The molecule has 0 N–H and O–H groups in total. The van der Waals surface area contributed by atoms with Crippen LogP contribution in [0.2, 0.25) is 0 Å². The van der Waals surface area contributed by atoms with Gasteiger partial charge in [0.2, 0.25) is 0 Å². The Morgan fingerprint density at radius 2 is 2.27 bits per heavy atom. The smallest absolute Gasteiger partial charge is 0.136 e. The largest absolute Gasteiger partial charge is 0.385 e. The topological polar surface area (TPSA) is 26.3 Å². The van der Waals surface area contributed by atoms with E-state index in [1.54, 1.807) is 7.11 Å². The highest BCUT2D eigenvalue weighted by atomic mass is 16.5. The van der Waals surface area contributed by atoms with Crippen LogP contribution in [0.3, 0.4) is 0 Å². The summed E-state index contributed by atoms with van der Waals surface area (Å²) >= 11 is 0. The number of methoxy groups -OCH3 is 1. The summed E-state index contributed by atoms with van der Waals surface area (Å²) in [6.45, 7) is 0.721. The molecule has 11 heavy (non-hydrogen) atoms. The standard InChI is InChI=1S/C9H16O2/c1-11-7-3-6-9(10)8-4-2-5-8/h8H,2-7H2,1H3. The highest BCUT2D eigenvalue weighted by Gasteiger charge is 2.23. The van der Waals surface area contributed by atoms with Gasteiger partial charge in [-0.25, -0.2) is 0 Å². The normalized spacial score (nSPS) is 17.9. The summed E-state index contributed by atoms with van der Waals surface area (Å²) in [6.07, 6.45) is 5.13. The van der Waals surface area contributed by atoms with Crippen LogP contribution in [0.4, 0.5) is 0 Å². The zero-order valence-corrected chi connectivity index (χ0v) is 7.14. The Hall–Kier alpha value is -0.370. The van der Waals surface area contributed by atoms with Gasteiger partial charge in [0, 0.05) is 26.1 Å².